The van der Waals surface area contributed by atoms with Crippen molar-refractivity contribution in [1.29, 1.82) is 0 Å². The molecule has 1 aliphatic rings. The first kappa shape index (κ1) is 9.77. The molecule has 76 valence electrons. The highest BCUT2D eigenvalue weighted by Gasteiger charge is 2.34. The van der Waals surface area contributed by atoms with Crippen LogP contribution in [0.1, 0.15) is 12.0 Å². The molecule has 0 aromatic heterocycles. The molecular formula is C10H12ClNO2. The first-order valence-electron chi connectivity index (χ1n) is 4.51. The van der Waals surface area contributed by atoms with E-state index in [0.717, 1.165) is 0 Å². The van der Waals surface area contributed by atoms with Crippen LogP contribution in [0.15, 0.2) is 18.2 Å². The van der Waals surface area contributed by atoms with Gasteiger partial charge in [0, 0.05) is 23.6 Å². The summed E-state index contributed by atoms with van der Waals surface area (Å²) >= 11 is 5.85. The monoisotopic (exact) mass is 213 g/mol. The third kappa shape index (κ3) is 1.47. The quantitative estimate of drug-likeness (QED) is 0.739. The number of aliphatic hydroxyl groups is 1. The minimum Gasteiger partial charge on any atom is -0.493 e. The first-order valence-corrected chi connectivity index (χ1v) is 4.89. The number of benzene rings is 1. The maximum Gasteiger partial charge on any atom is 0.125 e. The Morgan fingerprint density at radius 1 is 1.57 bits per heavy atom. The predicted molar refractivity (Wildman–Crippen MR) is 54.5 cm³/mol. The van der Waals surface area contributed by atoms with E-state index in [2.05, 4.69) is 0 Å². The zero-order valence-electron chi connectivity index (χ0n) is 7.66. The zero-order chi connectivity index (χ0) is 10.2. The van der Waals surface area contributed by atoms with Gasteiger partial charge in [0.25, 0.3) is 0 Å². The van der Waals surface area contributed by atoms with Gasteiger partial charge in [-0.3, -0.25) is 0 Å². The summed E-state index contributed by atoms with van der Waals surface area (Å²) in [5, 5.41) is 10.8. The van der Waals surface area contributed by atoms with Gasteiger partial charge in [0.2, 0.25) is 0 Å². The van der Waals surface area contributed by atoms with Gasteiger partial charge in [-0.15, -0.1) is 0 Å². The lowest BCUT2D eigenvalue weighted by Gasteiger charge is -2.33. The van der Waals surface area contributed by atoms with Crippen LogP contribution in [0.3, 0.4) is 0 Å². The fourth-order valence-electron chi connectivity index (χ4n) is 1.67. The second kappa shape index (κ2) is 3.42. The summed E-state index contributed by atoms with van der Waals surface area (Å²) in [6.07, 6.45) is 0.511. The summed E-state index contributed by atoms with van der Waals surface area (Å²) in [4.78, 5) is 0. The van der Waals surface area contributed by atoms with E-state index in [1.165, 1.54) is 0 Å². The van der Waals surface area contributed by atoms with E-state index in [1.807, 2.05) is 0 Å². The summed E-state index contributed by atoms with van der Waals surface area (Å²) < 4.78 is 5.40. The summed E-state index contributed by atoms with van der Waals surface area (Å²) in [6.45, 7) is 0.673. The van der Waals surface area contributed by atoms with Gasteiger partial charge < -0.3 is 15.6 Å². The van der Waals surface area contributed by atoms with Gasteiger partial charge in [-0.1, -0.05) is 11.6 Å². The number of hydrogen-bond donors (Lipinski definition) is 2. The Balaban J connectivity index is 2.52. The molecule has 0 saturated carbocycles. The largest absolute Gasteiger partial charge is 0.493 e. The standard InChI is InChI=1S/C10H12ClNO2/c11-7-1-2-9-8(5-7)10(13,6-12)3-4-14-9/h1-2,5,13H,3-4,6,12H2. The molecular weight excluding hydrogens is 202 g/mol. The van der Waals surface area contributed by atoms with Crippen molar-refractivity contribution in [3.05, 3.63) is 28.8 Å². The summed E-state index contributed by atoms with van der Waals surface area (Å²) in [6, 6.07) is 5.21. The molecule has 1 unspecified atom stereocenters. The summed E-state index contributed by atoms with van der Waals surface area (Å²) in [5.74, 6) is 0.675. The minimum atomic E-state index is -0.988. The van der Waals surface area contributed by atoms with E-state index in [9.17, 15) is 5.11 Å². The van der Waals surface area contributed by atoms with Crippen LogP contribution in [-0.2, 0) is 5.60 Å². The highest BCUT2D eigenvalue weighted by molar-refractivity contribution is 6.30. The number of hydrogen-bond acceptors (Lipinski definition) is 3. The maximum atomic E-state index is 10.2. The van der Waals surface area contributed by atoms with Gasteiger partial charge in [0.05, 0.1) is 6.61 Å². The van der Waals surface area contributed by atoms with Crippen LogP contribution in [0, 0.1) is 0 Å². The van der Waals surface area contributed by atoms with E-state index >= 15 is 0 Å². The molecule has 3 N–H and O–H groups in total. The Bertz CT molecular complexity index is 356. The number of halogens is 1. The van der Waals surface area contributed by atoms with Crippen LogP contribution in [0.5, 0.6) is 5.75 Å². The van der Waals surface area contributed by atoms with Gasteiger partial charge in [0.15, 0.2) is 0 Å². The Hall–Kier alpha value is -0.770. The molecule has 1 heterocycles. The molecule has 0 bridgehead atoms. The zero-order valence-corrected chi connectivity index (χ0v) is 8.42. The molecule has 4 heteroatoms. The van der Waals surface area contributed by atoms with Gasteiger partial charge in [0.1, 0.15) is 11.4 Å². The van der Waals surface area contributed by atoms with Crippen LogP contribution in [-0.4, -0.2) is 18.3 Å². The molecule has 1 atom stereocenters. The molecule has 1 aromatic carbocycles. The third-order valence-corrected chi connectivity index (χ3v) is 2.79. The molecule has 3 nitrogen and oxygen atoms in total. The third-order valence-electron chi connectivity index (χ3n) is 2.55. The Morgan fingerprint density at radius 2 is 2.36 bits per heavy atom. The van der Waals surface area contributed by atoms with Crippen molar-refractivity contribution in [2.45, 2.75) is 12.0 Å². The van der Waals surface area contributed by atoms with Crippen molar-refractivity contribution in [2.75, 3.05) is 13.2 Å². The molecule has 1 aromatic rings. The number of rotatable bonds is 1. The molecule has 2 rings (SSSR count). The molecule has 0 aliphatic carbocycles. The SMILES string of the molecule is NCC1(O)CCOc2ccc(Cl)cc21. The summed E-state index contributed by atoms with van der Waals surface area (Å²) in [7, 11) is 0. The lowest BCUT2D eigenvalue weighted by molar-refractivity contribution is 0.00536. The average molecular weight is 214 g/mol. The van der Waals surface area contributed by atoms with Crippen LogP contribution < -0.4 is 10.5 Å². The van der Waals surface area contributed by atoms with Crippen molar-refractivity contribution >= 4 is 11.6 Å². The molecule has 0 fully saturated rings. The van der Waals surface area contributed by atoms with Gasteiger partial charge in [-0.2, -0.15) is 0 Å². The maximum absolute atomic E-state index is 10.2. The molecule has 0 spiro atoms. The molecule has 0 radical (unpaired) electrons. The van der Waals surface area contributed by atoms with E-state index in [4.69, 9.17) is 22.1 Å². The highest BCUT2D eigenvalue weighted by atomic mass is 35.5. The minimum absolute atomic E-state index is 0.184. The smallest absolute Gasteiger partial charge is 0.125 e. The molecule has 14 heavy (non-hydrogen) atoms. The van der Waals surface area contributed by atoms with Crippen molar-refractivity contribution in [3.8, 4) is 5.75 Å². The van der Waals surface area contributed by atoms with E-state index in [-0.39, 0.29) is 6.54 Å². The van der Waals surface area contributed by atoms with Crippen molar-refractivity contribution in [1.82, 2.24) is 0 Å². The summed E-state index contributed by atoms with van der Waals surface area (Å²) in [5.41, 5.74) is 5.26. The molecule has 0 amide bonds. The van der Waals surface area contributed by atoms with E-state index in [1.54, 1.807) is 18.2 Å². The van der Waals surface area contributed by atoms with E-state index in [0.29, 0.717) is 29.4 Å². The second-order valence-electron chi connectivity index (χ2n) is 3.47. The number of ether oxygens (including phenoxy) is 1. The van der Waals surface area contributed by atoms with Crippen LogP contribution in [0.25, 0.3) is 0 Å². The Morgan fingerprint density at radius 3 is 3.07 bits per heavy atom. The van der Waals surface area contributed by atoms with Crippen molar-refractivity contribution in [3.63, 3.8) is 0 Å². The fourth-order valence-corrected chi connectivity index (χ4v) is 1.84. The number of nitrogens with two attached hydrogens (primary N) is 1. The van der Waals surface area contributed by atoms with Crippen LogP contribution in [0.2, 0.25) is 5.02 Å². The number of fused-ring (bicyclic) bond motifs is 1. The molecule has 1 aliphatic heterocycles. The lowest BCUT2D eigenvalue weighted by Crippen LogP contribution is -2.39. The predicted octanol–water partition coefficient (Wildman–Crippen LogP) is 1.27. The van der Waals surface area contributed by atoms with Crippen molar-refractivity contribution < 1.29 is 9.84 Å². The lowest BCUT2D eigenvalue weighted by atomic mass is 9.88. The van der Waals surface area contributed by atoms with Crippen molar-refractivity contribution in [2.24, 2.45) is 5.73 Å². The second-order valence-corrected chi connectivity index (χ2v) is 3.91. The molecule has 0 saturated heterocycles. The van der Waals surface area contributed by atoms with Crippen LogP contribution >= 0.6 is 11.6 Å². The Kier molecular flexibility index (Phi) is 2.39. The van der Waals surface area contributed by atoms with Gasteiger partial charge in [-0.25, -0.2) is 0 Å². The normalized spacial score (nSPS) is 25.4. The highest BCUT2D eigenvalue weighted by Crippen LogP contribution is 2.37. The Labute approximate surface area is 87.4 Å². The van der Waals surface area contributed by atoms with E-state index < -0.39 is 5.60 Å². The van der Waals surface area contributed by atoms with Crippen LogP contribution in [0.4, 0.5) is 0 Å². The fraction of sp³-hybridized carbons (Fsp3) is 0.400. The van der Waals surface area contributed by atoms with Gasteiger partial charge in [-0.05, 0) is 18.2 Å². The first-order chi connectivity index (χ1) is 6.65. The van der Waals surface area contributed by atoms with Gasteiger partial charge >= 0.3 is 0 Å². The topological polar surface area (TPSA) is 55.5 Å². The average Bonchev–Trinajstić information content (AvgIpc) is 2.20.